The second-order valence-electron chi connectivity index (χ2n) is 4.78. The van der Waals surface area contributed by atoms with Crippen LogP contribution >= 0.6 is 0 Å². The topological polar surface area (TPSA) is 76.7 Å². The van der Waals surface area contributed by atoms with Crippen LogP contribution in [0.2, 0.25) is 0 Å². The first kappa shape index (κ1) is 15.7. The predicted molar refractivity (Wildman–Crippen MR) is 81.9 cm³/mol. The third kappa shape index (κ3) is 3.71. The van der Waals surface area contributed by atoms with E-state index < -0.39 is 11.4 Å². The Labute approximate surface area is 127 Å². The monoisotopic (exact) mass is 300 g/mol. The zero-order valence-corrected chi connectivity index (χ0v) is 12.3. The molecular weight excluding hydrogens is 284 g/mol. The molecular formula is C17H16O5. The lowest BCUT2D eigenvalue weighted by Crippen LogP contribution is -2.12. The van der Waals surface area contributed by atoms with Gasteiger partial charge in [0.05, 0.1) is 6.61 Å². The first-order valence-electron chi connectivity index (χ1n) is 6.65. The highest BCUT2D eigenvalue weighted by molar-refractivity contribution is 6.08. The van der Waals surface area contributed by atoms with Crippen LogP contribution in [-0.2, 0) is 11.3 Å². The number of carbonyl (C=O) groups excluding carboxylic acids is 1. The number of benzene rings is 1. The second kappa shape index (κ2) is 6.87. The fourth-order valence-corrected chi connectivity index (χ4v) is 2.03. The van der Waals surface area contributed by atoms with Gasteiger partial charge in [-0.25, -0.2) is 4.79 Å². The van der Waals surface area contributed by atoms with Gasteiger partial charge < -0.3 is 14.3 Å². The Hall–Kier alpha value is -2.66. The molecule has 22 heavy (non-hydrogen) atoms. The van der Waals surface area contributed by atoms with E-state index in [9.17, 15) is 14.7 Å². The summed E-state index contributed by atoms with van der Waals surface area (Å²) in [6, 6.07) is 8.67. The summed E-state index contributed by atoms with van der Waals surface area (Å²) in [5.41, 5.74) is 0.545. The van der Waals surface area contributed by atoms with Crippen molar-refractivity contribution in [3.8, 4) is 5.75 Å². The first-order valence-corrected chi connectivity index (χ1v) is 6.65. The highest BCUT2D eigenvalue weighted by Gasteiger charge is 2.15. The lowest BCUT2D eigenvalue weighted by molar-refractivity contribution is 0.104. The van der Waals surface area contributed by atoms with Crippen LogP contribution in [0.5, 0.6) is 5.75 Å². The minimum atomic E-state index is -0.847. The minimum absolute atomic E-state index is 0.246. The van der Waals surface area contributed by atoms with E-state index >= 15 is 0 Å². The molecule has 0 amide bonds. The molecule has 0 unspecified atom stereocenters. The quantitative estimate of drug-likeness (QED) is 0.678. The second-order valence-corrected chi connectivity index (χ2v) is 4.78. The summed E-state index contributed by atoms with van der Waals surface area (Å²) in [6.07, 6.45) is 2.80. The van der Waals surface area contributed by atoms with Crippen molar-refractivity contribution in [1.82, 2.24) is 0 Å². The van der Waals surface area contributed by atoms with Gasteiger partial charge in [-0.15, -0.1) is 0 Å². The van der Waals surface area contributed by atoms with Crippen molar-refractivity contribution in [3.63, 3.8) is 0 Å². The molecule has 1 aromatic heterocycles. The van der Waals surface area contributed by atoms with Crippen molar-refractivity contribution in [3.05, 3.63) is 69.3 Å². The van der Waals surface area contributed by atoms with E-state index in [1.54, 1.807) is 13.2 Å². The largest absolute Gasteiger partial charge is 0.507 e. The number of ketones is 1. The molecule has 0 bridgehead atoms. The fourth-order valence-electron chi connectivity index (χ4n) is 2.03. The van der Waals surface area contributed by atoms with Gasteiger partial charge in [0.1, 0.15) is 17.1 Å². The lowest BCUT2D eigenvalue weighted by atomic mass is 10.1. The number of methoxy groups -OCH3 is 1. The molecule has 1 aromatic carbocycles. The number of rotatable bonds is 5. The standard InChI is InChI=1S/C17H16O5/c1-11-8-15(19)16(17(20)22-11)14(18)7-6-12-4-3-5-13(9-12)10-21-2/h3-9,19H,10H2,1-2H3. The van der Waals surface area contributed by atoms with Crippen LogP contribution in [0.3, 0.4) is 0 Å². The highest BCUT2D eigenvalue weighted by Crippen LogP contribution is 2.16. The number of ether oxygens (including phenoxy) is 1. The Morgan fingerprint density at radius 2 is 2.14 bits per heavy atom. The van der Waals surface area contributed by atoms with Gasteiger partial charge in [-0.1, -0.05) is 24.3 Å². The van der Waals surface area contributed by atoms with Crippen molar-refractivity contribution in [2.24, 2.45) is 0 Å². The molecule has 0 aliphatic rings. The maximum absolute atomic E-state index is 12.1. The normalized spacial score (nSPS) is 11.0. The minimum Gasteiger partial charge on any atom is -0.507 e. The molecule has 5 nitrogen and oxygen atoms in total. The smallest absolute Gasteiger partial charge is 0.351 e. The molecule has 114 valence electrons. The summed E-state index contributed by atoms with van der Waals surface area (Å²) in [4.78, 5) is 23.7. The van der Waals surface area contributed by atoms with Gasteiger partial charge in [0.15, 0.2) is 5.78 Å². The molecule has 0 spiro atoms. The van der Waals surface area contributed by atoms with Crippen molar-refractivity contribution in [2.45, 2.75) is 13.5 Å². The Balaban J connectivity index is 2.25. The van der Waals surface area contributed by atoms with Gasteiger partial charge in [-0.05, 0) is 30.2 Å². The summed E-state index contributed by atoms with van der Waals surface area (Å²) in [5.74, 6) is -0.741. The third-order valence-corrected chi connectivity index (χ3v) is 2.99. The lowest BCUT2D eigenvalue weighted by Gasteiger charge is -2.01. The molecule has 5 heteroatoms. The van der Waals surface area contributed by atoms with E-state index in [1.807, 2.05) is 24.3 Å². The summed E-state index contributed by atoms with van der Waals surface area (Å²) >= 11 is 0. The predicted octanol–water partition coefficient (Wildman–Crippen LogP) is 2.70. The van der Waals surface area contributed by atoms with Gasteiger partial charge in [0, 0.05) is 13.2 Å². The Bertz CT molecular complexity index is 771. The van der Waals surface area contributed by atoms with Gasteiger partial charge in [-0.3, -0.25) is 4.79 Å². The molecule has 1 heterocycles. The number of carbonyl (C=O) groups is 1. The third-order valence-electron chi connectivity index (χ3n) is 2.99. The van der Waals surface area contributed by atoms with Gasteiger partial charge >= 0.3 is 5.63 Å². The average molecular weight is 300 g/mol. The molecule has 2 aromatic rings. The van der Waals surface area contributed by atoms with E-state index in [2.05, 4.69) is 0 Å². The Morgan fingerprint density at radius 1 is 1.36 bits per heavy atom. The maximum atomic E-state index is 12.1. The van der Waals surface area contributed by atoms with E-state index in [1.165, 1.54) is 19.1 Å². The Kier molecular flexibility index (Phi) is 4.91. The molecule has 2 rings (SSSR count). The van der Waals surface area contributed by atoms with Crippen LogP contribution in [0.25, 0.3) is 6.08 Å². The zero-order valence-electron chi connectivity index (χ0n) is 12.3. The fraction of sp³-hybridized carbons (Fsp3) is 0.176. The molecule has 0 aliphatic heterocycles. The number of hydrogen-bond donors (Lipinski definition) is 1. The maximum Gasteiger partial charge on any atom is 0.351 e. The SMILES string of the molecule is COCc1cccc(C=CC(=O)c2c(O)cc(C)oc2=O)c1. The van der Waals surface area contributed by atoms with Gasteiger partial charge in [0.25, 0.3) is 0 Å². The number of aromatic hydroxyl groups is 1. The summed E-state index contributed by atoms with van der Waals surface area (Å²) < 4.78 is 9.87. The van der Waals surface area contributed by atoms with Crippen molar-refractivity contribution < 1.29 is 19.1 Å². The number of hydrogen-bond acceptors (Lipinski definition) is 5. The van der Waals surface area contributed by atoms with E-state index in [0.29, 0.717) is 6.61 Å². The summed E-state index contributed by atoms with van der Waals surface area (Å²) in [6.45, 7) is 1.99. The Morgan fingerprint density at radius 3 is 2.82 bits per heavy atom. The average Bonchev–Trinajstić information content (AvgIpc) is 2.45. The molecule has 1 N–H and O–H groups in total. The summed E-state index contributed by atoms with van der Waals surface area (Å²) in [7, 11) is 1.60. The molecule has 0 saturated heterocycles. The highest BCUT2D eigenvalue weighted by atomic mass is 16.5. The summed E-state index contributed by atoms with van der Waals surface area (Å²) in [5, 5.41) is 9.72. The van der Waals surface area contributed by atoms with Crippen LogP contribution < -0.4 is 5.63 Å². The number of allylic oxidation sites excluding steroid dienone is 1. The first-order chi connectivity index (χ1) is 10.5. The molecule has 0 saturated carbocycles. The molecule has 0 fully saturated rings. The van der Waals surface area contributed by atoms with Crippen molar-refractivity contribution in [2.75, 3.05) is 7.11 Å². The zero-order chi connectivity index (χ0) is 16.1. The molecule has 0 radical (unpaired) electrons. The van der Waals surface area contributed by atoms with E-state index in [0.717, 1.165) is 11.1 Å². The van der Waals surface area contributed by atoms with Crippen LogP contribution in [-0.4, -0.2) is 18.0 Å². The van der Waals surface area contributed by atoms with E-state index in [-0.39, 0.29) is 17.1 Å². The van der Waals surface area contributed by atoms with Crippen LogP contribution in [0.1, 0.15) is 27.2 Å². The molecule has 0 atom stereocenters. The van der Waals surface area contributed by atoms with Crippen LogP contribution in [0, 0.1) is 6.92 Å². The van der Waals surface area contributed by atoms with E-state index in [4.69, 9.17) is 9.15 Å². The van der Waals surface area contributed by atoms with Crippen LogP contribution in [0.15, 0.2) is 45.6 Å². The molecule has 0 aliphatic carbocycles. The number of aryl methyl sites for hydroxylation is 1. The van der Waals surface area contributed by atoms with Gasteiger partial charge in [0.2, 0.25) is 0 Å². The van der Waals surface area contributed by atoms with Crippen LogP contribution in [0.4, 0.5) is 0 Å². The van der Waals surface area contributed by atoms with Gasteiger partial charge in [-0.2, -0.15) is 0 Å². The van der Waals surface area contributed by atoms with Crippen molar-refractivity contribution >= 4 is 11.9 Å². The van der Waals surface area contributed by atoms with Crippen molar-refractivity contribution in [1.29, 1.82) is 0 Å².